The van der Waals surface area contributed by atoms with Crippen LogP contribution in [0.2, 0.25) is 0 Å². The van der Waals surface area contributed by atoms with Crippen LogP contribution in [0.3, 0.4) is 0 Å². The van der Waals surface area contributed by atoms with Crippen molar-refractivity contribution >= 4 is 0 Å². The minimum absolute atomic E-state index is 0.740. The molecule has 0 aromatic rings. The normalized spacial score (nSPS) is 36.8. The van der Waals surface area contributed by atoms with E-state index in [4.69, 9.17) is 0 Å². The van der Waals surface area contributed by atoms with Gasteiger partial charge in [-0.15, -0.1) is 0 Å². The summed E-state index contributed by atoms with van der Waals surface area (Å²) in [4.78, 5) is 0. The maximum Gasteiger partial charge on any atom is -0.0104 e. The second kappa shape index (κ2) is 3.78. The summed E-state index contributed by atoms with van der Waals surface area (Å²) in [6.07, 6.45) is 18.0. The van der Waals surface area contributed by atoms with Crippen molar-refractivity contribution in [2.45, 2.75) is 12.8 Å². The number of rotatable bonds is 2. The van der Waals surface area contributed by atoms with Gasteiger partial charge < -0.3 is 0 Å². The van der Waals surface area contributed by atoms with Gasteiger partial charge in [0, 0.05) is 0 Å². The van der Waals surface area contributed by atoms with E-state index in [1.165, 1.54) is 12.8 Å². The average Bonchev–Trinajstić information content (AvgIpc) is 2.58. The van der Waals surface area contributed by atoms with Crippen LogP contribution in [0.4, 0.5) is 0 Å². The summed E-state index contributed by atoms with van der Waals surface area (Å²) in [5.41, 5.74) is 0. The van der Waals surface area contributed by atoms with E-state index in [-0.39, 0.29) is 0 Å². The van der Waals surface area contributed by atoms with Crippen LogP contribution >= 0.6 is 0 Å². The summed E-state index contributed by atoms with van der Waals surface area (Å²) >= 11 is 0. The Bertz CT molecular complexity index is 268. The van der Waals surface area contributed by atoms with Crippen LogP contribution < -0.4 is 0 Å². The predicted molar refractivity (Wildman–Crippen MR) is 57.3 cm³/mol. The Morgan fingerprint density at radius 3 is 2.85 bits per heavy atom. The second-order valence-corrected chi connectivity index (χ2v) is 3.87. The lowest BCUT2D eigenvalue weighted by Crippen LogP contribution is -2.10. The molecule has 68 valence electrons. The third-order valence-corrected chi connectivity index (χ3v) is 3.12. The fraction of sp³-hybridized carbons (Fsp3) is 0.385. The molecule has 0 heteroatoms. The Morgan fingerprint density at radius 2 is 2.00 bits per heavy atom. The molecular weight excluding hydrogens is 156 g/mol. The molecule has 2 aliphatic rings. The fourth-order valence-corrected chi connectivity index (χ4v) is 2.44. The van der Waals surface area contributed by atoms with Crippen molar-refractivity contribution in [1.82, 2.24) is 0 Å². The van der Waals surface area contributed by atoms with Gasteiger partial charge in [-0.25, -0.2) is 0 Å². The molecule has 0 nitrogen and oxygen atoms in total. The fourth-order valence-electron chi connectivity index (χ4n) is 2.44. The summed E-state index contributed by atoms with van der Waals surface area (Å²) in [5, 5.41) is 0. The monoisotopic (exact) mass is 172 g/mol. The van der Waals surface area contributed by atoms with Gasteiger partial charge in [-0.3, -0.25) is 0 Å². The van der Waals surface area contributed by atoms with E-state index in [0.29, 0.717) is 0 Å². The first kappa shape index (κ1) is 8.55. The topological polar surface area (TPSA) is 0 Å². The minimum Gasteiger partial charge on any atom is -0.0991 e. The maximum atomic E-state index is 3.71. The van der Waals surface area contributed by atoms with Crippen molar-refractivity contribution in [3.05, 3.63) is 49.1 Å². The average molecular weight is 172 g/mol. The maximum absolute atomic E-state index is 3.71. The van der Waals surface area contributed by atoms with Gasteiger partial charge in [-0.1, -0.05) is 49.1 Å². The van der Waals surface area contributed by atoms with Gasteiger partial charge in [-0.2, -0.15) is 0 Å². The van der Waals surface area contributed by atoms with Crippen molar-refractivity contribution in [3.8, 4) is 0 Å². The summed E-state index contributed by atoms with van der Waals surface area (Å²) in [6.45, 7) is 3.71. The number of fused-ring (bicyclic) bond motifs is 1. The van der Waals surface area contributed by atoms with E-state index in [9.17, 15) is 0 Å². The van der Waals surface area contributed by atoms with Crippen LogP contribution in [0.25, 0.3) is 0 Å². The molecule has 0 N–H and O–H groups in total. The second-order valence-electron chi connectivity index (χ2n) is 3.87. The number of hydrogen-bond donors (Lipinski definition) is 0. The zero-order valence-corrected chi connectivity index (χ0v) is 7.89. The van der Waals surface area contributed by atoms with E-state index in [1.807, 2.05) is 6.08 Å². The molecule has 3 unspecified atom stereocenters. The van der Waals surface area contributed by atoms with Crippen LogP contribution in [0.1, 0.15) is 12.8 Å². The molecule has 13 heavy (non-hydrogen) atoms. The van der Waals surface area contributed by atoms with Gasteiger partial charge in [0.25, 0.3) is 0 Å². The molecule has 3 atom stereocenters. The molecule has 2 rings (SSSR count). The standard InChI is InChI=1S/C13H16/c1-2-3-6-11-9-10-12-7-4-5-8-13(11)12/h2-8,11-13H,1,9-10H2/b6-3-. The highest BCUT2D eigenvalue weighted by atomic mass is 14.4. The molecule has 0 aromatic heterocycles. The predicted octanol–water partition coefficient (Wildman–Crippen LogP) is 3.50. The highest BCUT2D eigenvalue weighted by Gasteiger charge is 2.31. The van der Waals surface area contributed by atoms with Gasteiger partial charge in [0.05, 0.1) is 0 Å². The van der Waals surface area contributed by atoms with Crippen molar-refractivity contribution in [2.24, 2.45) is 17.8 Å². The zero-order valence-electron chi connectivity index (χ0n) is 7.89. The third kappa shape index (κ3) is 1.67. The van der Waals surface area contributed by atoms with Gasteiger partial charge in [0.15, 0.2) is 0 Å². The van der Waals surface area contributed by atoms with Crippen LogP contribution in [0.5, 0.6) is 0 Å². The summed E-state index contributed by atoms with van der Waals surface area (Å²) in [6, 6.07) is 0. The smallest absolute Gasteiger partial charge is 0.0104 e. The van der Waals surface area contributed by atoms with Crippen LogP contribution in [-0.2, 0) is 0 Å². The summed E-state index contributed by atoms with van der Waals surface area (Å²) in [7, 11) is 0. The van der Waals surface area contributed by atoms with E-state index in [2.05, 4.69) is 43.0 Å². The molecule has 0 amide bonds. The van der Waals surface area contributed by atoms with Crippen LogP contribution in [0.15, 0.2) is 49.1 Å². The van der Waals surface area contributed by atoms with Gasteiger partial charge >= 0.3 is 0 Å². The largest absolute Gasteiger partial charge is 0.0991 e. The molecule has 0 heterocycles. The number of allylic oxidation sites excluding steroid dienone is 7. The lowest BCUT2D eigenvalue weighted by atomic mass is 9.86. The highest BCUT2D eigenvalue weighted by molar-refractivity contribution is 5.20. The molecule has 0 bridgehead atoms. The summed E-state index contributed by atoms with van der Waals surface area (Å²) < 4.78 is 0. The first-order valence-electron chi connectivity index (χ1n) is 5.06. The first-order valence-corrected chi connectivity index (χ1v) is 5.06. The zero-order chi connectivity index (χ0) is 9.10. The Balaban J connectivity index is 2.08. The lowest BCUT2D eigenvalue weighted by Gasteiger charge is -2.18. The van der Waals surface area contributed by atoms with E-state index >= 15 is 0 Å². The quantitative estimate of drug-likeness (QED) is 0.559. The summed E-state index contributed by atoms with van der Waals surface area (Å²) in [5.74, 6) is 2.29. The van der Waals surface area contributed by atoms with Crippen molar-refractivity contribution in [1.29, 1.82) is 0 Å². The van der Waals surface area contributed by atoms with Crippen LogP contribution in [0, 0.1) is 17.8 Å². The molecule has 1 saturated carbocycles. The number of hydrogen-bond acceptors (Lipinski definition) is 0. The molecule has 2 aliphatic carbocycles. The molecule has 0 radical (unpaired) electrons. The molecular formula is C13H16. The molecule has 0 aromatic carbocycles. The van der Waals surface area contributed by atoms with E-state index in [0.717, 1.165) is 17.8 Å². The van der Waals surface area contributed by atoms with Crippen molar-refractivity contribution in [2.75, 3.05) is 0 Å². The Kier molecular flexibility index (Phi) is 2.49. The van der Waals surface area contributed by atoms with Crippen LogP contribution in [-0.4, -0.2) is 0 Å². The molecule has 0 spiro atoms. The Labute approximate surface area is 80.3 Å². The lowest BCUT2D eigenvalue weighted by molar-refractivity contribution is 0.487. The minimum atomic E-state index is 0.740. The third-order valence-electron chi connectivity index (χ3n) is 3.12. The van der Waals surface area contributed by atoms with Crippen molar-refractivity contribution in [3.63, 3.8) is 0 Å². The van der Waals surface area contributed by atoms with E-state index in [1.54, 1.807) is 0 Å². The Morgan fingerprint density at radius 1 is 1.15 bits per heavy atom. The van der Waals surface area contributed by atoms with Gasteiger partial charge in [-0.05, 0) is 30.6 Å². The molecule has 1 fully saturated rings. The SMILES string of the molecule is C=C/C=C\C1CCC2C=CC=CC21. The van der Waals surface area contributed by atoms with E-state index < -0.39 is 0 Å². The van der Waals surface area contributed by atoms with Gasteiger partial charge in [0.1, 0.15) is 0 Å². The molecule has 0 aliphatic heterocycles. The van der Waals surface area contributed by atoms with Gasteiger partial charge in [0.2, 0.25) is 0 Å². The van der Waals surface area contributed by atoms with Crippen molar-refractivity contribution < 1.29 is 0 Å². The Hall–Kier alpha value is -1.04. The highest BCUT2D eigenvalue weighted by Crippen LogP contribution is 2.41. The first-order chi connectivity index (χ1) is 6.42. The molecule has 0 saturated heterocycles.